The molecule has 2 aromatic rings. The Bertz CT molecular complexity index is 823. The van der Waals surface area contributed by atoms with Gasteiger partial charge in [-0.3, -0.25) is 9.59 Å². The van der Waals surface area contributed by atoms with Crippen LogP contribution >= 0.6 is 11.8 Å². The van der Waals surface area contributed by atoms with Gasteiger partial charge in [-0.2, -0.15) is 0 Å². The number of aryl methyl sites for hydroxylation is 1. The van der Waals surface area contributed by atoms with Crippen molar-refractivity contribution in [3.8, 4) is 5.75 Å². The van der Waals surface area contributed by atoms with E-state index in [4.69, 9.17) is 4.74 Å². The molecule has 0 spiro atoms. The summed E-state index contributed by atoms with van der Waals surface area (Å²) in [5.41, 5.74) is 3.42. The van der Waals surface area contributed by atoms with Crippen LogP contribution in [-0.2, 0) is 21.9 Å². The van der Waals surface area contributed by atoms with Crippen LogP contribution in [-0.4, -0.2) is 42.2 Å². The zero-order valence-corrected chi connectivity index (χ0v) is 19.1. The molecule has 2 rings (SSSR count). The molecule has 30 heavy (non-hydrogen) atoms. The summed E-state index contributed by atoms with van der Waals surface area (Å²) < 4.78 is 5.22. The molecule has 0 saturated carbocycles. The summed E-state index contributed by atoms with van der Waals surface area (Å²) in [5.74, 6) is 1.74. The van der Waals surface area contributed by atoms with E-state index in [9.17, 15) is 9.59 Å². The molecule has 2 aromatic carbocycles. The smallest absolute Gasteiger partial charge is 0.242 e. The van der Waals surface area contributed by atoms with Crippen LogP contribution in [0.15, 0.2) is 48.5 Å². The van der Waals surface area contributed by atoms with Crippen molar-refractivity contribution < 1.29 is 14.3 Å². The monoisotopic (exact) mass is 428 g/mol. The number of ether oxygens (including phenoxy) is 1. The van der Waals surface area contributed by atoms with Gasteiger partial charge in [0.2, 0.25) is 11.8 Å². The molecular formula is C24H32N2O3S. The van der Waals surface area contributed by atoms with E-state index in [1.54, 1.807) is 23.8 Å². The fourth-order valence-corrected chi connectivity index (χ4v) is 4.23. The van der Waals surface area contributed by atoms with Crippen molar-refractivity contribution in [2.45, 2.75) is 45.5 Å². The molecule has 0 aliphatic heterocycles. The number of amides is 2. The van der Waals surface area contributed by atoms with Gasteiger partial charge in [0.25, 0.3) is 0 Å². The molecule has 0 unspecified atom stereocenters. The van der Waals surface area contributed by atoms with E-state index >= 15 is 0 Å². The largest absolute Gasteiger partial charge is 0.497 e. The summed E-state index contributed by atoms with van der Waals surface area (Å²) >= 11 is 1.58. The topological polar surface area (TPSA) is 58.6 Å². The summed E-state index contributed by atoms with van der Waals surface area (Å²) in [4.78, 5) is 27.5. The number of rotatable bonds is 11. The van der Waals surface area contributed by atoms with Crippen molar-refractivity contribution >= 4 is 23.6 Å². The maximum absolute atomic E-state index is 13.2. The number of carbonyl (C=O) groups is 2. The van der Waals surface area contributed by atoms with Crippen LogP contribution in [0.1, 0.15) is 37.0 Å². The lowest BCUT2D eigenvalue weighted by atomic mass is 10.1. The van der Waals surface area contributed by atoms with Gasteiger partial charge < -0.3 is 15.0 Å². The average Bonchev–Trinajstić information content (AvgIpc) is 2.75. The summed E-state index contributed by atoms with van der Waals surface area (Å²) in [6.07, 6.45) is 0.566. The highest BCUT2D eigenvalue weighted by molar-refractivity contribution is 7.99. The zero-order valence-electron chi connectivity index (χ0n) is 18.3. The van der Waals surface area contributed by atoms with Gasteiger partial charge in [-0.25, -0.2) is 0 Å². The predicted octanol–water partition coefficient (Wildman–Crippen LogP) is 4.18. The number of benzene rings is 2. The minimum absolute atomic E-state index is 0.0255. The van der Waals surface area contributed by atoms with Crippen LogP contribution in [0.3, 0.4) is 0 Å². The molecule has 162 valence electrons. The lowest BCUT2D eigenvalue weighted by Crippen LogP contribution is -2.49. The molecule has 0 radical (unpaired) electrons. The number of hydrogen-bond donors (Lipinski definition) is 1. The molecule has 2 amide bonds. The number of hydrogen-bond acceptors (Lipinski definition) is 4. The number of methoxy groups -OCH3 is 1. The highest BCUT2D eigenvalue weighted by atomic mass is 32.2. The van der Waals surface area contributed by atoms with Crippen molar-refractivity contribution in [3.63, 3.8) is 0 Å². The summed E-state index contributed by atoms with van der Waals surface area (Å²) in [5, 5.41) is 2.87. The molecule has 0 heterocycles. The molecule has 0 aromatic heterocycles. The third-order valence-electron chi connectivity index (χ3n) is 4.99. The number of thioether (sulfide) groups is 1. The Morgan fingerprint density at radius 2 is 1.80 bits per heavy atom. The standard InChI is InChI=1S/C24H32N2O3S/c1-5-22(24(28)25-6-2)26(15-19-11-13-21(29-4)14-12-19)23(27)17-30-16-20-10-8-7-9-18(20)3/h7-14,22H,5-6,15-17H2,1-4H3,(H,25,28)/t22-/m0/s1. The summed E-state index contributed by atoms with van der Waals surface area (Å²) in [6.45, 7) is 6.84. The Morgan fingerprint density at radius 3 is 2.40 bits per heavy atom. The second kappa shape index (κ2) is 12.3. The molecule has 0 saturated heterocycles. The Labute approximate surface area is 184 Å². The zero-order chi connectivity index (χ0) is 21.9. The third-order valence-corrected chi connectivity index (χ3v) is 5.96. The second-order valence-electron chi connectivity index (χ2n) is 7.11. The highest BCUT2D eigenvalue weighted by Gasteiger charge is 2.28. The molecule has 0 fully saturated rings. The Hall–Kier alpha value is -2.47. The van der Waals surface area contributed by atoms with Crippen LogP contribution in [0.25, 0.3) is 0 Å². The number of nitrogens with zero attached hydrogens (tertiary/aromatic N) is 1. The van der Waals surface area contributed by atoms with E-state index < -0.39 is 6.04 Å². The minimum atomic E-state index is -0.487. The Kier molecular flexibility index (Phi) is 9.74. The van der Waals surface area contributed by atoms with Gasteiger partial charge >= 0.3 is 0 Å². The van der Waals surface area contributed by atoms with Gasteiger partial charge in [-0.05, 0) is 49.1 Å². The van der Waals surface area contributed by atoms with Gasteiger partial charge in [0.1, 0.15) is 11.8 Å². The van der Waals surface area contributed by atoms with Crippen molar-refractivity contribution in [2.24, 2.45) is 0 Å². The molecule has 1 N–H and O–H groups in total. The first-order valence-corrected chi connectivity index (χ1v) is 11.5. The number of nitrogens with one attached hydrogen (secondary N) is 1. The van der Waals surface area contributed by atoms with Gasteiger partial charge in [0.15, 0.2) is 0 Å². The minimum Gasteiger partial charge on any atom is -0.497 e. The van der Waals surface area contributed by atoms with Gasteiger partial charge in [-0.1, -0.05) is 43.3 Å². The first kappa shape index (κ1) is 23.8. The maximum atomic E-state index is 13.2. The van der Waals surface area contributed by atoms with E-state index in [0.29, 0.717) is 25.3 Å². The van der Waals surface area contributed by atoms with Crippen LogP contribution in [0.4, 0.5) is 0 Å². The molecule has 6 heteroatoms. The highest BCUT2D eigenvalue weighted by Crippen LogP contribution is 2.20. The van der Waals surface area contributed by atoms with Crippen molar-refractivity contribution in [1.82, 2.24) is 10.2 Å². The lowest BCUT2D eigenvalue weighted by molar-refractivity contribution is -0.139. The summed E-state index contributed by atoms with van der Waals surface area (Å²) in [7, 11) is 1.62. The average molecular weight is 429 g/mol. The van der Waals surface area contributed by atoms with E-state index in [-0.39, 0.29) is 11.8 Å². The molecule has 0 bridgehead atoms. The van der Waals surface area contributed by atoms with E-state index in [0.717, 1.165) is 17.1 Å². The SMILES string of the molecule is CCNC(=O)[C@H](CC)N(Cc1ccc(OC)cc1)C(=O)CSCc1ccccc1C. The van der Waals surface area contributed by atoms with Gasteiger partial charge in [-0.15, -0.1) is 11.8 Å². The number of likely N-dealkylation sites (N-methyl/N-ethyl adjacent to an activating group) is 1. The van der Waals surface area contributed by atoms with Crippen LogP contribution < -0.4 is 10.1 Å². The van der Waals surface area contributed by atoms with Crippen molar-refractivity contribution in [3.05, 3.63) is 65.2 Å². The third kappa shape index (κ3) is 6.80. The fourth-order valence-electron chi connectivity index (χ4n) is 3.24. The Morgan fingerprint density at radius 1 is 1.10 bits per heavy atom. The van der Waals surface area contributed by atoms with E-state index in [1.807, 2.05) is 50.2 Å². The predicted molar refractivity (Wildman–Crippen MR) is 124 cm³/mol. The molecular weight excluding hydrogens is 396 g/mol. The molecule has 1 atom stereocenters. The fraction of sp³-hybridized carbons (Fsp3) is 0.417. The van der Waals surface area contributed by atoms with Gasteiger partial charge in [0, 0.05) is 18.8 Å². The molecule has 0 aliphatic carbocycles. The lowest BCUT2D eigenvalue weighted by Gasteiger charge is -2.30. The van der Waals surface area contributed by atoms with Crippen LogP contribution in [0.5, 0.6) is 5.75 Å². The first-order valence-electron chi connectivity index (χ1n) is 10.3. The van der Waals surface area contributed by atoms with Crippen molar-refractivity contribution in [2.75, 3.05) is 19.4 Å². The van der Waals surface area contributed by atoms with Crippen LogP contribution in [0, 0.1) is 6.92 Å². The van der Waals surface area contributed by atoms with Crippen LogP contribution in [0.2, 0.25) is 0 Å². The summed E-state index contributed by atoms with van der Waals surface area (Å²) in [6, 6.07) is 15.3. The maximum Gasteiger partial charge on any atom is 0.242 e. The molecule has 5 nitrogen and oxygen atoms in total. The van der Waals surface area contributed by atoms with E-state index in [1.165, 1.54) is 11.1 Å². The second-order valence-corrected chi connectivity index (χ2v) is 8.09. The quantitative estimate of drug-likeness (QED) is 0.583. The normalized spacial score (nSPS) is 11.6. The van der Waals surface area contributed by atoms with Crippen molar-refractivity contribution in [1.29, 1.82) is 0 Å². The van der Waals surface area contributed by atoms with Gasteiger partial charge in [0.05, 0.1) is 12.9 Å². The van der Waals surface area contributed by atoms with E-state index in [2.05, 4.69) is 24.4 Å². The first-order chi connectivity index (χ1) is 14.5. The molecule has 0 aliphatic rings. The number of carbonyl (C=O) groups excluding carboxylic acids is 2. The Balaban J connectivity index is 2.12.